The molecule has 7 nitrogen and oxygen atoms in total. The van der Waals surface area contributed by atoms with Crippen molar-refractivity contribution in [3.63, 3.8) is 0 Å². The van der Waals surface area contributed by atoms with E-state index in [1.165, 1.54) is 6.33 Å². The van der Waals surface area contributed by atoms with E-state index < -0.39 is 30.6 Å². The van der Waals surface area contributed by atoms with E-state index in [1.807, 2.05) is 43.3 Å². The molecule has 4 rings (SSSR count). The van der Waals surface area contributed by atoms with Gasteiger partial charge in [0.05, 0.1) is 11.8 Å². The first-order valence-electron chi connectivity index (χ1n) is 8.58. The molecule has 26 heavy (non-hydrogen) atoms. The minimum atomic E-state index is -1.20. The quantitative estimate of drug-likeness (QED) is 0.645. The molecule has 3 heterocycles. The van der Waals surface area contributed by atoms with Crippen LogP contribution >= 0.6 is 0 Å². The van der Waals surface area contributed by atoms with Crippen LogP contribution in [0.15, 0.2) is 48.9 Å². The monoisotopic (exact) mass is 355 g/mol. The van der Waals surface area contributed by atoms with E-state index in [9.17, 15) is 15.3 Å². The van der Waals surface area contributed by atoms with Gasteiger partial charge in [-0.05, 0) is 18.6 Å². The number of benzene rings is 1. The molecule has 7 heteroatoms. The van der Waals surface area contributed by atoms with Gasteiger partial charge in [-0.25, -0.2) is 9.97 Å². The Balaban J connectivity index is 1.58. The third kappa shape index (κ3) is 2.89. The lowest BCUT2D eigenvalue weighted by molar-refractivity contribution is -0.0827. The summed E-state index contributed by atoms with van der Waals surface area (Å²) in [5.74, 6) is 0. The second-order valence-corrected chi connectivity index (χ2v) is 6.65. The molecule has 1 aliphatic rings. The smallest absolute Gasteiger partial charge is 0.164 e. The molecule has 0 aliphatic carbocycles. The number of nitrogens with zero attached hydrogens (tertiary/aromatic N) is 3. The van der Waals surface area contributed by atoms with Crippen molar-refractivity contribution in [3.8, 4) is 0 Å². The van der Waals surface area contributed by atoms with Crippen molar-refractivity contribution in [2.24, 2.45) is 0 Å². The molecule has 2 aromatic heterocycles. The van der Waals surface area contributed by atoms with Crippen LogP contribution < -0.4 is 0 Å². The van der Waals surface area contributed by atoms with Gasteiger partial charge in [-0.1, -0.05) is 30.3 Å². The Morgan fingerprint density at radius 3 is 2.65 bits per heavy atom. The highest BCUT2D eigenvalue weighted by Gasteiger charge is 2.47. The average molecular weight is 355 g/mol. The van der Waals surface area contributed by atoms with Crippen LogP contribution in [-0.2, 0) is 11.2 Å². The van der Waals surface area contributed by atoms with Crippen molar-refractivity contribution >= 4 is 11.0 Å². The summed E-state index contributed by atoms with van der Waals surface area (Å²) in [6, 6.07) is 11.3. The highest BCUT2D eigenvalue weighted by molar-refractivity contribution is 5.78. The molecule has 1 aromatic carbocycles. The predicted molar refractivity (Wildman–Crippen MR) is 94.3 cm³/mol. The Hall–Kier alpha value is -2.32. The van der Waals surface area contributed by atoms with Crippen molar-refractivity contribution in [1.82, 2.24) is 14.5 Å². The molecule has 1 saturated heterocycles. The van der Waals surface area contributed by atoms with Gasteiger partial charge in [-0.15, -0.1) is 0 Å². The maximum Gasteiger partial charge on any atom is 0.164 e. The molecule has 5 atom stereocenters. The first kappa shape index (κ1) is 17.1. The summed E-state index contributed by atoms with van der Waals surface area (Å²) in [7, 11) is 0. The van der Waals surface area contributed by atoms with Gasteiger partial charge in [-0.3, -0.25) is 0 Å². The van der Waals surface area contributed by atoms with Gasteiger partial charge in [-0.2, -0.15) is 0 Å². The van der Waals surface area contributed by atoms with Gasteiger partial charge in [0, 0.05) is 18.0 Å². The number of ether oxygens (including phenoxy) is 1. The number of fused-ring (bicyclic) bond motifs is 1. The molecular formula is C19H21N3O4. The number of hydrogen-bond acceptors (Lipinski definition) is 6. The van der Waals surface area contributed by atoms with Crippen molar-refractivity contribution in [2.45, 2.75) is 44.0 Å². The van der Waals surface area contributed by atoms with Gasteiger partial charge >= 0.3 is 0 Å². The Morgan fingerprint density at radius 1 is 1.12 bits per heavy atom. The zero-order valence-corrected chi connectivity index (χ0v) is 14.3. The van der Waals surface area contributed by atoms with Crippen LogP contribution in [0.25, 0.3) is 11.0 Å². The van der Waals surface area contributed by atoms with Crippen molar-refractivity contribution < 1.29 is 20.1 Å². The molecule has 3 N–H and O–H groups in total. The fourth-order valence-electron chi connectivity index (χ4n) is 3.51. The maximum atomic E-state index is 10.5. The number of aromatic nitrogens is 3. The van der Waals surface area contributed by atoms with Crippen molar-refractivity contribution in [3.05, 3.63) is 60.2 Å². The Kier molecular flexibility index (Phi) is 4.46. The second-order valence-electron chi connectivity index (χ2n) is 6.65. The number of aliphatic hydroxyl groups excluding tert-OH is 3. The lowest BCUT2D eigenvalue weighted by atomic mass is 9.99. The molecule has 0 saturated carbocycles. The standard InChI is InChI=1S/C19H21N3O4/c1-11-13-7-8-22(18(13)21-10-20-11)19-16(25)15(24)17(26-19)14(23)9-12-5-3-2-4-6-12/h2-8,10,14-17,19,23-25H,9H2,1H3/t14-,15+,16-,17-,19-/m1/s1. The predicted octanol–water partition coefficient (Wildman–Crippen LogP) is 0.963. The zero-order valence-electron chi connectivity index (χ0n) is 14.3. The van der Waals surface area contributed by atoms with Gasteiger partial charge in [0.1, 0.15) is 30.3 Å². The van der Waals surface area contributed by atoms with Crippen LogP contribution in [0.5, 0.6) is 0 Å². The summed E-state index contributed by atoms with van der Waals surface area (Å²) in [5.41, 5.74) is 2.37. The first-order valence-corrected chi connectivity index (χ1v) is 8.58. The largest absolute Gasteiger partial charge is 0.390 e. The van der Waals surface area contributed by atoms with E-state index in [1.54, 1.807) is 10.8 Å². The summed E-state index contributed by atoms with van der Waals surface area (Å²) in [5, 5.41) is 32.3. The van der Waals surface area contributed by atoms with Crippen LogP contribution in [0, 0.1) is 6.92 Å². The fourth-order valence-corrected chi connectivity index (χ4v) is 3.51. The average Bonchev–Trinajstić information content (AvgIpc) is 3.19. The minimum absolute atomic E-state index is 0.329. The SMILES string of the molecule is Cc1ncnc2c1ccn2[C@@H]1O[C@H]([C@H](O)Cc2ccccc2)[C@@H](O)[C@H]1O. The Labute approximate surface area is 150 Å². The summed E-state index contributed by atoms with van der Waals surface area (Å²) in [6.45, 7) is 1.88. The normalized spacial score (nSPS) is 27.1. The van der Waals surface area contributed by atoms with E-state index in [4.69, 9.17) is 4.74 Å². The second kappa shape index (κ2) is 6.77. The number of rotatable bonds is 4. The van der Waals surface area contributed by atoms with E-state index in [-0.39, 0.29) is 0 Å². The molecule has 0 bridgehead atoms. The molecule has 0 unspecified atom stereocenters. The first-order chi connectivity index (χ1) is 12.6. The van der Waals surface area contributed by atoms with Crippen LogP contribution in [-0.4, -0.2) is 54.3 Å². The van der Waals surface area contributed by atoms with Crippen LogP contribution in [0.1, 0.15) is 17.5 Å². The number of aliphatic hydroxyl groups is 3. The summed E-state index contributed by atoms with van der Waals surface area (Å²) in [4.78, 5) is 8.41. The van der Waals surface area contributed by atoms with Gasteiger partial charge in [0.15, 0.2) is 6.23 Å². The highest BCUT2D eigenvalue weighted by Crippen LogP contribution is 2.34. The molecule has 0 amide bonds. The highest BCUT2D eigenvalue weighted by atomic mass is 16.6. The van der Waals surface area contributed by atoms with E-state index >= 15 is 0 Å². The fraction of sp³-hybridized carbons (Fsp3) is 0.368. The van der Waals surface area contributed by atoms with E-state index in [0.29, 0.717) is 12.1 Å². The number of aryl methyl sites for hydroxylation is 1. The van der Waals surface area contributed by atoms with E-state index in [0.717, 1.165) is 16.6 Å². The van der Waals surface area contributed by atoms with Gasteiger partial charge in [0.25, 0.3) is 0 Å². The maximum absolute atomic E-state index is 10.5. The topological polar surface area (TPSA) is 101 Å². The molecule has 1 aliphatic heterocycles. The zero-order chi connectivity index (χ0) is 18.3. The molecule has 0 spiro atoms. The molecular weight excluding hydrogens is 334 g/mol. The summed E-state index contributed by atoms with van der Waals surface area (Å²) >= 11 is 0. The molecule has 136 valence electrons. The molecule has 0 radical (unpaired) electrons. The Morgan fingerprint density at radius 2 is 1.88 bits per heavy atom. The minimum Gasteiger partial charge on any atom is -0.390 e. The molecule has 3 aromatic rings. The molecule has 1 fully saturated rings. The van der Waals surface area contributed by atoms with Gasteiger partial charge in [0.2, 0.25) is 0 Å². The van der Waals surface area contributed by atoms with Crippen LogP contribution in [0.4, 0.5) is 0 Å². The third-order valence-corrected chi connectivity index (χ3v) is 4.92. The lowest BCUT2D eigenvalue weighted by Gasteiger charge is -2.21. The van der Waals surface area contributed by atoms with Crippen LogP contribution in [0.2, 0.25) is 0 Å². The summed E-state index contributed by atoms with van der Waals surface area (Å²) < 4.78 is 7.54. The van der Waals surface area contributed by atoms with Crippen molar-refractivity contribution in [1.29, 1.82) is 0 Å². The Bertz CT molecular complexity index is 898. The third-order valence-electron chi connectivity index (χ3n) is 4.92. The summed E-state index contributed by atoms with van der Waals surface area (Å²) in [6.07, 6.45) is -1.49. The van der Waals surface area contributed by atoms with E-state index in [2.05, 4.69) is 9.97 Å². The lowest BCUT2D eigenvalue weighted by Crippen LogP contribution is -2.39. The van der Waals surface area contributed by atoms with Crippen molar-refractivity contribution in [2.75, 3.05) is 0 Å². The van der Waals surface area contributed by atoms with Gasteiger partial charge < -0.3 is 24.6 Å². The number of hydrogen-bond donors (Lipinski definition) is 3. The van der Waals surface area contributed by atoms with Crippen LogP contribution in [0.3, 0.4) is 0 Å².